The molecule has 1 rings (SSSR count). The van der Waals surface area contributed by atoms with E-state index in [1.165, 1.54) is 0 Å². The lowest BCUT2D eigenvalue weighted by molar-refractivity contribution is 0.100. The molecular formula is C13H20N2O. The number of amides is 1. The van der Waals surface area contributed by atoms with E-state index in [4.69, 9.17) is 5.73 Å². The number of hydrogen-bond acceptors (Lipinski definition) is 2. The number of nitrogens with one attached hydrogen (secondary N) is 1. The first-order valence-electron chi connectivity index (χ1n) is 5.83. The van der Waals surface area contributed by atoms with Crippen molar-refractivity contribution in [3.63, 3.8) is 0 Å². The summed E-state index contributed by atoms with van der Waals surface area (Å²) in [7, 11) is 0. The van der Waals surface area contributed by atoms with Crippen molar-refractivity contribution in [2.75, 3.05) is 5.32 Å². The predicted molar refractivity (Wildman–Crippen MR) is 67.6 cm³/mol. The molecule has 1 unspecified atom stereocenters. The van der Waals surface area contributed by atoms with Gasteiger partial charge in [-0.1, -0.05) is 26.3 Å². The largest absolute Gasteiger partial charge is 0.382 e. The lowest BCUT2D eigenvalue weighted by Crippen LogP contribution is -2.18. The summed E-state index contributed by atoms with van der Waals surface area (Å²) in [5.74, 6) is -0.382. The summed E-state index contributed by atoms with van der Waals surface area (Å²) in [6.07, 6.45) is 3.37. The fraction of sp³-hybridized carbons (Fsp3) is 0.462. The summed E-state index contributed by atoms with van der Waals surface area (Å²) < 4.78 is 0. The van der Waals surface area contributed by atoms with Crippen molar-refractivity contribution in [2.45, 2.75) is 39.2 Å². The molecule has 3 heteroatoms. The van der Waals surface area contributed by atoms with Crippen LogP contribution in [0.2, 0.25) is 0 Å². The van der Waals surface area contributed by atoms with Gasteiger partial charge in [0.05, 0.1) is 0 Å². The van der Waals surface area contributed by atoms with Crippen LogP contribution in [0.5, 0.6) is 0 Å². The third-order valence-electron chi connectivity index (χ3n) is 2.65. The van der Waals surface area contributed by atoms with Gasteiger partial charge < -0.3 is 11.1 Å². The van der Waals surface area contributed by atoms with Crippen LogP contribution >= 0.6 is 0 Å². The van der Waals surface area contributed by atoms with Crippen LogP contribution in [0.15, 0.2) is 24.3 Å². The molecule has 3 N–H and O–H groups in total. The fourth-order valence-corrected chi connectivity index (χ4v) is 1.72. The second kappa shape index (κ2) is 6.16. The van der Waals surface area contributed by atoms with Crippen molar-refractivity contribution >= 4 is 11.6 Å². The van der Waals surface area contributed by atoms with Crippen molar-refractivity contribution in [1.29, 1.82) is 0 Å². The Balaban J connectivity index is 2.72. The van der Waals surface area contributed by atoms with E-state index in [2.05, 4.69) is 19.2 Å². The molecule has 0 aliphatic rings. The van der Waals surface area contributed by atoms with Crippen LogP contribution < -0.4 is 11.1 Å². The van der Waals surface area contributed by atoms with Gasteiger partial charge in [-0.15, -0.1) is 0 Å². The number of nitrogens with two attached hydrogens (primary N) is 1. The van der Waals surface area contributed by atoms with E-state index < -0.39 is 0 Å². The minimum absolute atomic E-state index is 0.382. The van der Waals surface area contributed by atoms with Crippen molar-refractivity contribution < 1.29 is 4.79 Å². The van der Waals surface area contributed by atoms with E-state index in [0.29, 0.717) is 11.6 Å². The van der Waals surface area contributed by atoms with Crippen LogP contribution in [0, 0.1) is 0 Å². The Morgan fingerprint density at radius 3 is 2.75 bits per heavy atom. The highest BCUT2D eigenvalue weighted by Gasteiger charge is 2.06. The summed E-state index contributed by atoms with van der Waals surface area (Å²) >= 11 is 0. The van der Waals surface area contributed by atoms with Gasteiger partial charge in [0.1, 0.15) is 0 Å². The Bertz CT molecular complexity index is 350. The number of hydrogen-bond donors (Lipinski definition) is 2. The molecule has 0 bridgehead atoms. The van der Waals surface area contributed by atoms with Gasteiger partial charge in [-0.05, 0) is 31.0 Å². The van der Waals surface area contributed by atoms with Crippen LogP contribution in [0.1, 0.15) is 43.5 Å². The monoisotopic (exact) mass is 220 g/mol. The summed E-state index contributed by atoms with van der Waals surface area (Å²) in [4.78, 5) is 11.0. The third kappa shape index (κ3) is 3.57. The molecule has 0 saturated heterocycles. The summed E-state index contributed by atoms with van der Waals surface area (Å²) in [6.45, 7) is 4.33. The van der Waals surface area contributed by atoms with Crippen LogP contribution in [-0.4, -0.2) is 11.9 Å². The number of anilines is 1. The van der Waals surface area contributed by atoms with Crippen molar-refractivity contribution in [3.8, 4) is 0 Å². The number of rotatable bonds is 6. The molecule has 16 heavy (non-hydrogen) atoms. The topological polar surface area (TPSA) is 55.1 Å². The number of carbonyl (C=O) groups excluding carboxylic acids is 1. The van der Waals surface area contributed by atoms with Crippen LogP contribution in [0.25, 0.3) is 0 Å². The van der Waals surface area contributed by atoms with Gasteiger partial charge in [-0.2, -0.15) is 0 Å². The zero-order valence-corrected chi connectivity index (χ0v) is 9.99. The molecule has 0 spiro atoms. The zero-order valence-electron chi connectivity index (χ0n) is 9.99. The van der Waals surface area contributed by atoms with E-state index in [-0.39, 0.29) is 5.91 Å². The van der Waals surface area contributed by atoms with Crippen LogP contribution in [-0.2, 0) is 0 Å². The SMILES string of the molecule is CCCC(CC)Nc1cccc(C(N)=O)c1. The fourth-order valence-electron chi connectivity index (χ4n) is 1.72. The predicted octanol–water partition coefficient (Wildman–Crippen LogP) is 2.78. The zero-order chi connectivity index (χ0) is 12.0. The van der Waals surface area contributed by atoms with Gasteiger partial charge in [0.15, 0.2) is 0 Å². The second-order valence-electron chi connectivity index (χ2n) is 3.98. The molecule has 0 heterocycles. The Morgan fingerprint density at radius 2 is 2.19 bits per heavy atom. The second-order valence-corrected chi connectivity index (χ2v) is 3.98. The van der Waals surface area contributed by atoms with Gasteiger partial charge >= 0.3 is 0 Å². The van der Waals surface area contributed by atoms with Gasteiger partial charge in [-0.3, -0.25) is 4.79 Å². The summed E-state index contributed by atoms with van der Waals surface area (Å²) in [5.41, 5.74) is 6.76. The number of primary amides is 1. The molecule has 88 valence electrons. The first-order chi connectivity index (χ1) is 7.67. The average Bonchev–Trinajstić information content (AvgIpc) is 2.29. The van der Waals surface area contributed by atoms with E-state index in [1.807, 2.05) is 12.1 Å². The Labute approximate surface area is 97.0 Å². The van der Waals surface area contributed by atoms with Crippen LogP contribution in [0.4, 0.5) is 5.69 Å². The molecule has 0 saturated carbocycles. The first kappa shape index (κ1) is 12.6. The molecule has 0 fully saturated rings. The molecule has 1 amide bonds. The highest BCUT2D eigenvalue weighted by Crippen LogP contribution is 2.14. The molecule has 0 radical (unpaired) electrons. The molecule has 0 aliphatic carbocycles. The maximum absolute atomic E-state index is 11.0. The standard InChI is InChI=1S/C13H20N2O/c1-3-6-11(4-2)15-12-8-5-7-10(9-12)13(14)16/h5,7-9,11,15H,3-4,6H2,1-2H3,(H2,14,16). The Hall–Kier alpha value is -1.51. The van der Waals surface area contributed by atoms with Crippen molar-refractivity contribution in [1.82, 2.24) is 0 Å². The van der Waals surface area contributed by atoms with Crippen LogP contribution in [0.3, 0.4) is 0 Å². The van der Waals surface area contributed by atoms with E-state index in [9.17, 15) is 4.79 Å². The minimum atomic E-state index is -0.382. The van der Waals surface area contributed by atoms with E-state index in [0.717, 1.165) is 24.9 Å². The quantitative estimate of drug-likeness (QED) is 0.774. The van der Waals surface area contributed by atoms with Gasteiger partial charge in [0.2, 0.25) is 5.91 Å². The smallest absolute Gasteiger partial charge is 0.248 e. The number of benzene rings is 1. The Morgan fingerprint density at radius 1 is 1.44 bits per heavy atom. The van der Waals surface area contributed by atoms with E-state index >= 15 is 0 Å². The third-order valence-corrected chi connectivity index (χ3v) is 2.65. The average molecular weight is 220 g/mol. The lowest BCUT2D eigenvalue weighted by Gasteiger charge is -2.17. The lowest BCUT2D eigenvalue weighted by atomic mass is 10.1. The van der Waals surface area contributed by atoms with Crippen molar-refractivity contribution in [2.24, 2.45) is 5.73 Å². The van der Waals surface area contributed by atoms with Gasteiger partial charge in [0.25, 0.3) is 0 Å². The Kier molecular flexibility index (Phi) is 4.83. The molecular weight excluding hydrogens is 200 g/mol. The van der Waals surface area contributed by atoms with Gasteiger partial charge in [-0.25, -0.2) is 0 Å². The summed E-state index contributed by atoms with van der Waals surface area (Å²) in [6, 6.07) is 7.81. The van der Waals surface area contributed by atoms with Crippen molar-refractivity contribution in [3.05, 3.63) is 29.8 Å². The first-order valence-corrected chi connectivity index (χ1v) is 5.83. The maximum Gasteiger partial charge on any atom is 0.248 e. The minimum Gasteiger partial charge on any atom is -0.382 e. The maximum atomic E-state index is 11.0. The number of carbonyl (C=O) groups is 1. The van der Waals surface area contributed by atoms with Gasteiger partial charge in [0, 0.05) is 17.3 Å². The molecule has 3 nitrogen and oxygen atoms in total. The molecule has 0 aliphatic heterocycles. The molecule has 1 aromatic carbocycles. The highest BCUT2D eigenvalue weighted by molar-refractivity contribution is 5.93. The molecule has 0 aromatic heterocycles. The highest BCUT2D eigenvalue weighted by atomic mass is 16.1. The normalized spacial score (nSPS) is 12.1. The molecule has 1 aromatic rings. The van der Waals surface area contributed by atoms with E-state index in [1.54, 1.807) is 12.1 Å². The molecule has 1 atom stereocenters. The summed E-state index contributed by atoms with van der Waals surface area (Å²) in [5, 5.41) is 3.42.